The molecule has 2 unspecified atom stereocenters. The third-order valence-electron chi connectivity index (χ3n) is 3.68. The highest BCUT2D eigenvalue weighted by atomic mass is 35.5. The predicted molar refractivity (Wildman–Crippen MR) is 109 cm³/mol. The van der Waals surface area contributed by atoms with E-state index in [2.05, 4.69) is 10.6 Å². The third-order valence-corrected chi connectivity index (χ3v) is 4.15. The van der Waals surface area contributed by atoms with Crippen molar-refractivity contribution in [1.29, 1.82) is 0 Å². The highest BCUT2D eigenvalue weighted by molar-refractivity contribution is 6.31. The van der Waals surface area contributed by atoms with E-state index in [-0.39, 0.29) is 24.9 Å². The van der Waals surface area contributed by atoms with Crippen LogP contribution in [0.15, 0.2) is 48.5 Å². The maximum atomic E-state index is 12.1. The summed E-state index contributed by atoms with van der Waals surface area (Å²) < 4.78 is 11.1. The maximum Gasteiger partial charge on any atom is 0.260 e. The molecule has 0 heterocycles. The number of nitrogens with one attached hydrogen (secondary N) is 2. The van der Waals surface area contributed by atoms with Gasteiger partial charge in [-0.25, -0.2) is 0 Å². The van der Waals surface area contributed by atoms with E-state index in [1.807, 2.05) is 0 Å². The van der Waals surface area contributed by atoms with E-state index < -0.39 is 12.2 Å². The van der Waals surface area contributed by atoms with Crippen molar-refractivity contribution in [3.8, 4) is 11.5 Å². The Morgan fingerprint density at radius 2 is 1.21 bits per heavy atom. The minimum absolute atomic E-state index is 0.262. The van der Waals surface area contributed by atoms with E-state index >= 15 is 0 Å². The lowest BCUT2D eigenvalue weighted by atomic mass is 10.3. The van der Waals surface area contributed by atoms with Crippen molar-refractivity contribution in [3.05, 3.63) is 58.6 Å². The highest BCUT2D eigenvalue weighted by Crippen LogP contribution is 2.19. The molecule has 0 aromatic heterocycles. The molecule has 0 saturated carbocycles. The zero-order valence-corrected chi connectivity index (χ0v) is 17.1. The van der Waals surface area contributed by atoms with Gasteiger partial charge in [0.05, 0.1) is 0 Å². The molecule has 2 atom stereocenters. The van der Waals surface area contributed by atoms with Crippen LogP contribution in [-0.2, 0) is 9.59 Å². The predicted octanol–water partition coefficient (Wildman–Crippen LogP) is 3.46. The number of halogens is 2. The van der Waals surface area contributed by atoms with Crippen molar-refractivity contribution < 1.29 is 19.1 Å². The lowest BCUT2D eigenvalue weighted by Gasteiger charge is -2.16. The molecular formula is C20H22Cl2N2O4. The van der Waals surface area contributed by atoms with Crippen molar-refractivity contribution in [2.45, 2.75) is 26.1 Å². The number of benzene rings is 2. The molecule has 8 heteroatoms. The van der Waals surface area contributed by atoms with Crippen LogP contribution in [0, 0.1) is 0 Å². The molecule has 6 nitrogen and oxygen atoms in total. The van der Waals surface area contributed by atoms with Gasteiger partial charge in [-0.2, -0.15) is 0 Å². The van der Waals surface area contributed by atoms with Gasteiger partial charge >= 0.3 is 0 Å². The average Bonchev–Trinajstić information content (AvgIpc) is 2.64. The first-order chi connectivity index (χ1) is 13.3. The largest absolute Gasteiger partial charge is 0.481 e. The van der Waals surface area contributed by atoms with Gasteiger partial charge in [-0.15, -0.1) is 0 Å². The monoisotopic (exact) mass is 424 g/mol. The minimum atomic E-state index is -0.695. The quantitative estimate of drug-likeness (QED) is 0.604. The van der Waals surface area contributed by atoms with Gasteiger partial charge in [0.15, 0.2) is 12.2 Å². The molecule has 0 aliphatic carbocycles. The van der Waals surface area contributed by atoms with Gasteiger partial charge in [0.1, 0.15) is 11.5 Å². The van der Waals surface area contributed by atoms with Gasteiger partial charge in [-0.05, 0) is 50.2 Å². The summed E-state index contributed by atoms with van der Waals surface area (Å²) in [7, 11) is 0. The van der Waals surface area contributed by atoms with Gasteiger partial charge in [-0.3, -0.25) is 9.59 Å². The SMILES string of the molecule is CC(Oc1cccc(Cl)c1)C(=O)NCCNC(=O)C(C)Oc1cccc(Cl)c1. The zero-order chi connectivity index (χ0) is 20.5. The van der Waals surface area contributed by atoms with E-state index in [1.54, 1.807) is 62.4 Å². The summed E-state index contributed by atoms with van der Waals surface area (Å²) in [6, 6.07) is 13.6. The van der Waals surface area contributed by atoms with Crippen LogP contribution < -0.4 is 20.1 Å². The summed E-state index contributed by atoms with van der Waals surface area (Å²) in [5.74, 6) is 0.431. The molecule has 0 fully saturated rings. The molecule has 150 valence electrons. The lowest BCUT2D eigenvalue weighted by molar-refractivity contribution is -0.129. The van der Waals surface area contributed by atoms with E-state index in [9.17, 15) is 9.59 Å². The number of carbonyl (C=O) groups excluding carboxylic acids is 2. The number of hydrogen-bond donors (Lipinski definition) is 2. The summed E-state index contributed by atoms with van der Waals surface area (Å²) in [4.78, 5) is 24.1. The van der Waals surface area contributed by atoms with Crippen molar-refractivity contribution >= 4 is 35.0 Å². The molecule has 2 amide bonds. The summed E-state index contributed by atoms with van der Waals surface area (Å²) in [6.07, 6.45) is -1.39. The summed E-state index contributed by atoms with van der Waals surface area (Å²) >= 11 is 11.8. The summed E-state index contributed by atoms with van der Waals surface area (Å²) in [5, 5.41) is 6.46. The van der Waals surface area contributed by atoms with E-state index in [0.29, 0.717) is 21.5 Å². The van der Waals surface area contributed by atoms with Gasteiger partial charge in [0.25, 0.3) is 11.8 Å². The molecule has 0 radical (unpaired) electrons. The molecule has 0 bridgehead atoms. The highest BCUT2D eigenvalue weighted by Gasteiger charge is 2.16. The first-order valence-electron chi connectivity index (χ1n) is 8.75. The second-order valence-corrected chi connectivity index (χ2v) is 6.89. The smallest absolute Gasteiger partial charge is 0.260 e. The Labute approximate surface area is 174 Å². The Kier molecular flexibility index (Phi) is 8.42. The van der Waals surface area contributed by atoms with Crippen molar-refractivity contribution in [3.63, 3.8) is 0 Å². The standard InChI is InChI=1S/C20H22Cl2N2O4/c1-13(27-17-7-3-5-15(21)11-17)19(25)23-9-10-24-20(26)14(2)28-18-8-4-6-16(22)12-18/h3-8,11-14H,9-10H2,1-2H3,(H,23,25)(H,24,26). The van der Waals surface area contributed by atoms with Crippen LogP contribution in [0.5, 0.6) is 11.5 Å². The summed E-state index contributed by atoms with van der Waals surface area (Å²) in [6.45, 7) is 3.79. The first kappa shape index (κ1) is 21.9. The fourth-order valence-electron chi connectivity index (χ4n) is 2.25. The number of rotatable bonds is 9. The fourth-order valence-corrected chi connectivity index (χ4v) is 2.62. The molecule has 28 heavy (non-hydrogen) atoms. The van der Waals surface area contributed by atoms with Gasteiger partial charge in [-0.1, -0.05) is 35.3 Å². The van der Waals surface area contributed by atoms with E-state index in [4.69, 9.17) is 32.7 Å². The molecule has 0 saturated heterocycles. The minimum Gasteiger partial charge on any atom is -0.481 e. The average molecular weight is 425 g/mol. The van der Waals surface area contributed by atoms with Crippen LogP contribution in [0.3, 0.4) is 0 Å². The lowest BCUT2D eigenvalue weighted by Crippen LogP contribution is -2.43. The molecule has 2 N–H and O–H groups in total. The van der Waals surface area contributed by atoms with Crippen LogP contribution >= 0.6 is 23.2 Å². The number of carbonyl (C=O) groups is 2. The van der Waals surface area contributed by atoms with Crippen LogP contribution in [0.25, 0.3) is 0 Å². The topological polar surface area (TPSA) is 76.7 Å². The van der Waals surface area contributed by atoms with Crippen molar-refractivity contribution in [2.75, 3.05) is 13.1 Å². The van der Waals surface area contributed by atoms with Gasteiger partial charge in [0.2, 0.25) is 0 Å². The van der Waals surface area contributed by atoms with Crippen molar-refractivity contribution in [1.82, 2.24) is 10.6 Å². The van der Waals surface area contributed by atoms with Gasteiger partial charge < -0.3 is 20.1 Å². The normalized spacial score (nSPS) is 12.6. The molecule has 2 aromatic rings. The Morgan fingerprint density at radius 1 is 0.821 bits per heavy atom. The van der Waals surface area contributed by atoms with Crippen LogP contribution in [-0.4, -0.2) is 37.1 Å². The molecule has 0 aliphatic heterocycles. The molecule has 2 aromatic carbocycles. The molecular weight excluding hydrogens is 403 g/mol. The van der Waals surface area contributed by atoms with Gasteiger partial charge in [0, 0.05) is 23.1 Å². The maximum absolute atomic E-state index is 12.1. The van der Waals surface area contributed by atoms with E-state index in [0.717, 1.165) is 0 Å². The zero-order valence-electron chi connectivity index (χ0n) is 15.6. The third kappa shape index (κ3) is 7.29. The fraction of sp³-hybridized carbons (Fsp3) is 0.300. The molecule has 0 aliphatic rings. The Balaban J connectivity index is 1.68. The number of amides is 2. The Morgan fingerprint density at radius 3 is 1.57 bits per heavy atom. The number of ether oxygens (including phenoxy) is 2. The Bertz CT molecular complexity index is 749. The second-order valence-electron chi connectivity index (χ2n) is 6.02. The van der Waals surface area contributed by atoms with Crippen molar-refractivity contribution in [2.24, 2.45) is 0 Å². The van der Waals surface area contributed by atoms with Crippen LogP contribution in [0.4, 0.5) is 0 Å². The Hall–Kier alpha value is -2.44. The van der Waals surface area contributed by atoms with Crippen LogP contribution in [0.1, 0.15) is 13.8 Å². The number of hydrogen-bond acceptors (Lipinski definition) is 4. The summed E-state index contributed by atoms with van der Waals surface area (Å²) in [5.41, 5.74) is 0. The van der Waals surface area contributed by atoms with E-state index in [1.165, 1.54) is 0 Å². The molecule has 2 rings (SSSR count). The van der Waals surface area contributed by atoms with Crippen LogP contribution in [0.2, 0.25) is 10.0 Å². The second kappa shape index (κ2) is 10.8. The first-order valence-corrected chi connectivity index (χ1v) is 9.50. The molecule has 0 spiro atoms.